The van der Waals surface area contributed by atoms with Gasteiger partial charge in [-0.05, 0) is 13.3 Å². The zero-order valence-corrected chi connectivity index (χ0v) is 17.6. The number of thiophene rings is 1. The van der Waals surface area contributed by atoms with Crippen molar-refractivity contribution in [3.05, 3.63) is 37.7 Å². The van der Waals surface area contributed by atoms with Crippen molar-refractivity contribution in [2.45, 2.75) is 40.2 Å². The fourth-order valence-corrected chi connectivity index (χ4v) is 4.68. The van der Waals surface area contributed by atoms with Gasteiger partial charge in [-0.1, -0.05) is 18.3 Å². The lowest BCUT2D eigenvalue weighted by molar-refractivity contribution is -0.116. The minimum Gasteiger partial charge on any atom is -0.478 e. The Kier molecular flexibility index (Phi) is 5.89. The van der Waals surface area contributed by atoms with E-state index in [1.165, 1.54) is 16.9 Å². The summed E-state index contributed by atoms with van der Waals surface area (Å²) in [5, 5.41) is 13.6. The van der Waals surface area contributed by atoms with Crippen LogP contribution < -0.4 is 10.9 Å². The molecule has 0 aliphatic carbocycles. The molecule has 9 nitrogen and oxygen atoms in total. The molecule has 0 aliphatic heterocycles. The predicted molar refractivity (Wildman–Crippen MR) is 110 cm³/mol. The van der Waals surface area contributed by atoms with E-state index < -0.39 is 17.4 Å². The maximum Gasteiger partial charge on any atom is 0.337 e. The van der Waals surface area contributed by atoms with Gasteiger partial charge in [-0.25, -0.2) is 14.8 Å². The van der Waals surface area contributed by atoms with E-state index in [0.29, 0.717) is 34.1 Å². The topological polar surface area (TPSA) is 131 Å². The summed E-state index contributed by atoms with van der Waals surface area (Å²) in [6.07, 6.45) is 1.16. The van der Waals surface area contributed by atoms with Crippen LogP contribution in [0.2, 0.25) is 0 Å². The zero-order valence-electron chi connectivity index (χ0n) is 15.9. The summed E-state index contributed by atoms with van der Waals surface area (Å²) in [5.41, 5.74) is -0.164. The minimum absolute atomic E-state index is 0.000822. The van der Waals surface area contributed by atoms with Crippen molar-refractivity contribution >= 4 is 55.7 Å². The van der Waals surface area contributed by atoms with Crippen LogP contribution in [-0.4, -0.2) is 37.3 Å². The summed E-state index contributed by atoms with van der Waals surface area (Å²) in [6.45, 7) is 4.68. The standard InChI is InChI=1S/C18H18N4O5S2/c1-4-5-11-20-15-13(10(7-28-15)17(26)27)16(25)22(11)6-12(24)21-18-19-8(2)14(29-18)9(3)23/h7H,4-6H2,1-3H3,(H,26,27)(H,19,21,24). The average molecular weight is 434 g/mol. The van der Waals surface area contributed by atoms with Crippen LogP contribution in [0.1, 0.15) is 51.8 Å². The van der Waals surface area contributed by atoms with Gasteiger partial charge in [-0.2, -0.15) is 0 Å². The fraction of sp³-hybridized carbons (Fsp3) is 0.333. The molecule has 3 heterocycles. The van der Waals surface area contributed by atoms with Crippen LogP contribution in [0, 0.1) is 6.92 Å². The van der Waals surface area contributed by atoms with E-state index in [-0.39, 0.29) is 28.4 Å². The molecular weight excluding hydrogens is 416 g/mol. The Labute approximate surface area is 173 Å². The Bertz CT molecular complexity index is 1190. The van der Waals surface area contributed by atoms with Crippen molar-refractivity contribution in [2.24, 2.45) is 0 Å². The van der Waals surface area contributed by atoms with Crippen LogP contribution in [0.25, 0.3) is 10.2 Å². The monoisotopic (exact) mass is 434 g/mol. The maximum atomic E-state index is 13.0. The minimum atomic E-state index is -1.22. The van der Waals surface area contributed by atoms with Crippen molar-refractivity contribution in [1.29, 1.82) is 0 Å². The van der Waals surface area contributed by atoms with E-state index in [4.69, 9.17) is 0 Å². The van der Waals surface area contributed by atoms with Gasteiger partial charge >= 0.3 is 5.97 Å². The molecule has 2 N–H and O–H groups in total. The highest BCUT2D eigenvalue weighted by Crippen LogP contribution is 2.24. The zero-order chi connectivity index (χ0) is 21.3. The van der Waals surface area contributed by atoms with Gasteiger partial charge in [0.15, 0.2) is 10.9 Å². The number of ketones is 1. The Morgan fingerprint density at radius 3 is 2.59 bits per heavy atom. The van der Waals surface area contributed by atoms with E-state index in [9.17, 15) is 24.3 Å². The number of carbonyl (C=O) groups is 3. The third-order valence-electron chi connectivity index (χ3n) is 4.14. The third kappa shape index (κ3) is 4.10. The first kappa shape index (κ1) is 20.8. The molecule has 3 aromatic rings. The van der Waals surface area contributed by atoms with Crippen LogP contribution >= 0.6 is 22.7 Å². The van der Waals surface area contributed by atoms with E-state index in [1.54, 1.807) is 6.92 Å². The van der Waals surface area contributed by atoms with Crippen LogP contribution in [0.5, 0.6) is 0 Å². The number of hydrogen-bond donors (Lipinski definition) is 2. The average Bonchev–Trinajstić information content (AvgIpc) is 3.22. The van der Waals surface area contributed by atoms with Crippen LogP contribution in [0.4, 0.5) is 5.13 Å². The van der Waals surface area contributed by atoms with E-state index in [1.807, 2.05) is 6.92 Å². The van der Waals surface area contributed by atoms with Crippen LogP contribution in [0.3, 0.4) is 0 Å². The molecule has 152 valence electrons. The molecule has 0 radical (unpaired) electrons. The molecular formula is C18H18N4O5S2. The molecule has 0 saturated heterocycles. The summed E-state index contributed by atoms with van der Waals surface area (Å²) < 4.78 is 1.20. The molecule has 0 aliphatic rings. The third-order valence-corrected chi connectivity index (χ3v) is 6.19. The van der Waals surface area contributed by atoms with Crippen molar-refractivity contribution in [3.8, 4) is 0 Å². The predicted octanol–water partition coefficient (Wildman–Crippen LogP) is 2.71. The van der Waals surface area contributed by atoms with Gasteiger partial charge in [0.05, 0.1) is 21.5 Å². The second-order valence-electron chi connectivity index (χ2n) is 6.34. The quantitative estimate of drug-likeness (QED) is 0.547. The number of aromatic nitrogens is 3. The van der Waals surface area contributed by atoms with Crippen molar-refractivity contribution in [1.82, 2.24) is 14.5 Å². The Balaban J connectivity index is 1.97. The lowest BCUT2D eigenvalue weighted by atomic mass is 10.2. The lowest BCUT2D eigenvalue weighted by Crippen LogP contribution is -2.31. The Morgan fingerprint density at radius 1 is 1.28 bits per heavy atom. The molecule has 3 rings (SSSR count). The highest BCUT2D eigenvalue weighted by Gasteiger charge is 2.21. The molecule has 11 heteroatoms. The second-order valence-corrected chi connectivity index (χ2v) is 8.20. The number of carboxylic acid groups (broad SMARTS) is 1. The number of aryl methyl sites for hydroxylation is 2. The van der Waals surface area contributed by atoms with Gasteiger partial charge < -0.3 is 10.4 Å². The SMILES string of the molecule is CCCc1nc2scc(C(=O)O)c2c(=O)n1CC(=O)Nc1nc(C)c(C(C)=O)s1. The molecule has 0 aromatic carbocycles. The molecule has 0 unspecified atom stereocenters. The highest BCUT2D eigenvalue weighted by atomic mass is 32.1. The largest absolute Gasteiger partial charge is 0.478 e. The maximum absolute atomic E-state index is 13.0. The first-order valence-corrected chi connectivity index (χ1v) is 10.4. The van der Waals surface area contributed by atoms with Crippen LogP contribution in [-0.2, 0) is 17.8 Å². The summed E-state index contributed by atoms with van der Waals surface area (Å²) in [6, 6.07) is 0. The molecule has 0 bridgehead atoms. The van der Waals surface area contributed by atoms with Gasteiger partial charge in [0.1, 0.15) is 17.2 Å². The van der Waals surface area contributed by atoms with Gasteiger partial charge in [-0.15, -0.1) is 11.3 Å². The summed E-state index contributed by atoms with van der Waals surface area (Å²) >= 11 is 2.15. The van der Waals surface area contributed by atoms with Gasteiger partial charge in [-0.3, -0.25) is 19.0 Å². The number of carbonyl (C=O) groups excluding carboxylic acids is 2. The number of anilines is 1. The van der Waals surface area contributed by atoms with Gasteiger partial charge in [0, 0.05) is 18.7 Å². The smallest absolute Gasteiger partial charge is 0.337 e. The summed E-state index contributed by atoms with van der Waals surface area (Å²) in [4.78, 5) is 57.9. The molecule has 0 saturated carbocycles. The van der Waals surface area contributed by atoms with Crippen LogP contribution in [0.15, 0.2) is 10.2 Å². The summed E-state index contributed by atoms with van der Waals surface area (Å²) in [5.74, 6) is -1.46. The fourth-order valence-electron chi connectivity index (χ4n) is 2.88. The number of Topliss-reactive ketones (excluding diaryl/α,β-unsaturated/α-hetero) is 1. The molecule has 1 amide bonds. The van der Waals surface area contributed by atoms with E-state index in [2.05, 4.69) is 15.3 Å². The molecule has 29 heavy (non-hydrogen) atoms. The number of amides is 1. The van der Waals surface area contributed by atoms with Crippen molar-refractivity contribution in [3.63, 3.8) is 0 Å². The number of nitrogens with zero attached hydrogens (tertiary/aromatic N) is 3. The number of fused-ring (bicyclic) bond motifs is 1. The molecule has 0 fully saturated rings. The van der Waals surface area contributed by atoms with Gasteiger partial charge in [0.25, 0.3) is 5.56 Å². The van der Waals surface area contributed by atoms with Gasteiger partial charge in [0.2, 0.25) is 5.91 Å². The highest BCUT2D eigenvalue weighted by molar-refractivity contribution is 7.18. The number of carboxylic acids is 1. The first-order chi connectivity index (χ1) is 13.7. The lowest BCUT2D eigenvalue weighted by Gasteiger charge is -2.11. The van der Waals surface area contributed by atoms with Crippen molar-refractivity contribution in [2.75, 3.05) is 5.32 Å². The Hall–Kier alpha value is -2.92. The van der Waals surface area contributed by atoms with Crippen molar-refractivity contribution < 1.29 is 19.5 Å². The van der Waals surface area contributed by atoms with E-state index in [0.717, 1.165) is 22.7 Å². The Morgan fingerprint density at radius 2 is 2.00 bits per heavy atom. The summed E-state index contributed by atoms with van der Waals surface area (Å²) in [7, 11) is 0. The first-order valence-electron chi connectivity index (χ1n) is 8.75. The molecule has 0 spiro atoms. The number of aromatic carboxylic acids is 1. The number of hydrogen-bond acceptors (Lipinski definition) is 8. The number of thiazole rings is 1. The number of rotatable bonds is 7. The van der Waals surface area contributed by atoms with E-state index >= 15 is 0 Å². The number of nitrogens with one attached hydrogen (secondary N) is 1. The second kappa shape index (κ2) is 8.21. The molecule has 0 atom stereocenters. The molecule has 3 aromatic heterocycles. The normalized spacial score (nSPS) is 11.0.